The highest BCUT2D eigenvalue weighted by Gasteiger charge is 2.42. The molecule has 0 N–H and O–H groups in total. The van der Waals surface area contributed by atoms with Gasteiger partial charge in [0, 0.05) is 36.0 Å². The molecule has 190 valence electrons. The van der Waals surface area contributed by atoms with Crippen molar-refractivity contribution in [3.8, 4) is 0 Å². The largest absolute Gasteiger partial charge is 0.754 e. The fourth-order valence-corrected chi connectivity index (χ4v) is 4.04. The smallest absolute Gasteiger partial charge is 0.285 e. The minimum atomic E-state index is -0.389. The minimum absolute atomic E-state index is 0.280. The maximum atomic E-state index is 13.6. The maximum absolute atomic E-state index is 13.6. The Bertz CT molecular complexity index is 866. The van der Waals surface area contributed by atoms with Gasteiger partial charge in [0.05, 0.1) is 4.76 Å². The topological polar surface area (TPSA) is 64.8 Å². The predicted octanol–water partition coefficient (Wildman–Crippen LogP) is 7.15. The third-order valence-electron chi connectivity index (χ3n) is 5.89. The number of allylic oxidation sites excluding steroid dienone is 6. The normalized spacial score (nSPS) is 21.0. The molecule has 0 aliphatic carbocycles. The number of nitroso groups, excluding NO2 is 1. The lowest BCUT2D eigenvalue weighted by Crippen LogP contribution is -2.39. The fourth-order valence-electron chi connectivity index (χ4n) is 4.04. The molecule has 0 spiro atoms. The molecule has 2 aliphatic rings. The van der Waals surface area contributed by atoms with Crippen LogP contribution in [0.2, 0.25) is 0 Å². The number of hydrogen-bond donors (Lipinski definition) is 0. The monoisotopic (exact) mass is 472 g/mol. The van der Waals surface area contributed by atoms with Crippen molar-refractivity contribution in [2.24, 2.45) is 10.8 Å². The second kappa shape index (κ2) is 12.1. The molecule has 0 amide bonds. The van der Waals surface area contributed by atoms with Gasteiger partial charge in [-0.15, -0.1) is 0 Å². The van der Waals surface area contributed by atoms with Crippen LogP contribution in [-0.4, -0.2) is 35.2 Å². The Morgan fingerprint density at radius 1 is 0.882 bits per heavy atom. The van der Waals surface area contributed by atoms with Crippen LogP contribution in [0.1, 0.15) is 81.1 Å². The van der Waals surface area contributed by atoms with Crippen LogP contribution >= 0.6 is 0 Å². The van der Waals surface area contributed by atoms with E-state index in [0.717, 1.165) is 35.5 Å². The highest BCUT2D eigenvalue weighted by molar-refractivity contribution is 5.41. The Labute approximate surface area is 206 Å². The van der Waals surface area contributed by atoms with E-state index in [9.17, 15) is 10.1 Å². The lowest BCUT2D eigenvalue weighted by Gasteiger charge is -2.43. The van der Waals surface area contributed by atoms with E-state index in [1.54, 1.807) is 24.3 Å². The number of hydrogen-bond acceptors (Lipinski definition) is 5. The molecule has 0 bridgehead atoms. The molecule has 0 saturated heterocycles. The van der Waals surface area contributed by atoms with Crippen molar-refractivity contribution >= 4 is 0 Å². The molecule has 6 heteroatoms. The lowest BCUT2D eigenvalue weighted by molar-refractivity contribution is -0.457. The number of hydroxylamine groups is 2. The van der Waals surface area contributed by atoms with Gasteiger partial charge in [0.25, 0.3) is 11.4 Å². The van der Waals surface area contributed by atoms with E-state index in [4.69, 9.17) is 9.47 Å². The summed E-state index contributed by atoms with van der Waals surface area (Å²) in [5, 5.41) is 14.4. The SMILES string of the molecule is CCCCO[C@@H](C1=CC=CC(=C2C=CC=C([C@H](OCCCC)C(C)(C)C)[N+]2=O)N1[O-])C(C)(C)C. The highest BCUT2D eigenvalue weighted by atomic mass is 16.5. The van der Waals surface area contributed by atoms with Crippen molar-refractivity contribution in [2.45, 2.75) is 93.3 Å². The Morgan fingerprint density at radius 3 is 1.94 bits per heavy atom. The zero-order chi connectivity index (χ0) is 25.5. The van der Waals surface area contributed by atoms with Crippen LogP contribution in [0.3, 0.4) is 0 Å². The highest BCUT2D eigenvalue weighted by Crippen LogP contribution is 2.37. The van der Waals surface area contributed by atoms with Crippen LogP contribution in [0.15, 0.2) is 59.2 Å². The zero-order valence-corrected chi connectivity index (χ0v) is 22.4. The molecule has 34 heavy (non-hydrogen) atoms. The summed E-state index contributed by atoms with van der Waals surface area (Å²) in [6, 6.07) is 0. The molecule has 0 aromatic carbocycles. The molecule has 2 atom stereocenters. The Morgan fingerprint density at radius 2 is 1.41 bits per heavy atom. The van der Waals surface area contributed by atoms with Crippen LogP contribution < -0.4 is 0 Å². The van der Waals surface area contributed by atoms with E-state index in [1.807, 2.05) is 12.2 Å². The molecule has 0 unspecified atom stereocenters. The van der Waals surface area contributed by atoms with Gasteiger partial charge >= 0.3 is 0 Å². The molecule has 0 radical (unpaired) electrons. The van der Waals surface area contributed by atoms with E-state index in [0.29, 0.717) is 36.0 Å². The van der Waals surface area contributed by atoms with Gasteiger partial charge in [0.1, 0.15) is 11.8 Å². The Kier molecular flexibility index (Phi) is 10.0. The summed E-state index contributed by atoms with van der Waals surface area (Å²) < 4.78 is 13.2. The van der Waals surface area contributed by atoms with Crippen LogP contribution in [0.25, 0.3) is 0 Å². The van der Waals surface area contributed by atoms with Gasteiger partial charge < -0.3 is 19.7 Å². The van der Waals surface area contributed by atoms with Gasteiger partial charge in [-0.3, -0.25) is 0 Å². The second-order valence-electron chi connectivity index (χ2n) is 11.2. The molecule has 0 aromatic heterocycles. The molecule has 2 aliphatic heterocycles. The van der Waals surface area contributed by atoms with Gasteiger partial charge in [0.2, 0.25) is 0 Å². The molecular formula is C28H44N2O4. The first-order valence-electron chi connectivity index (χ1n) is 12.6. The van der Waals surface area contributed by atoms with E-state index >= 15 is 0 Å². The van der Waals surface area contributed by atoms with E-state index < -0.39 is 0 Å². The van der Waals surface area contributed by atoms with Crippen molar-refractivity contribution in [1.82, 2.24) is 5.06 Å². The summed E-state index contributed by atoms with van der Waals surface area (Å²) >= 11 is 0. The van der Waals surface area contributed by atoms with Crippen molar-refractivity contribution in [3.05, 3.63) is 69.4 Å². The molecule has 6 nitrogen and oxygen atoms in total. The minimum Gasteiger partial charge on any atom is -0.754 e. The fraction of sp³-hybridized carbons (Fsp3) is 0.643. The molecular weight excluding hydrogens is 428 g/mol. The molecule has 2 rings (SSSR count). The van der Waals surface area contributed by atoms with Crippen molar-refractivity contribution < 1.29 is 14.2 Å². The zero-order valence-electron chi connectivity index (χ0n) is 22.4. The first kappa shape index (κ1) is 28.2. The van der Waals surface area contributed by atoms with Crippen molar-refractivity contribution in [1.29, 1.82) is 0 Å². The number of unbranched alkanes of at least 4 members (excludes halogenated alkanes) is 2. The van der Waals surface area contributed by atoms with E-state index in [1.165, 1.54) is 0 Å². The van der Waals surface area contributed by atoms with Gasteiger partial charge in [-0.05, 0) is 41.9 Å². The first-order valence-corrected chi connectivity index (χ1v) is 12.6. The standard InChI is InChI=1S/C28H44N2O4/c1-9-11-19-33-25(27(3,4)5)23-17-13-15-21(29(23)31)22-16-14-18-24(30(22)32)26(28(6,7)8)34-20-12-10-2/h13-18,25-26H,9-12,19-20H2,1-8H3/t25-,26-/m0/s1. The summed E-state index contributed by atoms with van der Waals surface area (Å²) in [6.07, 6.45) is 13.8. The Hall–Kier alpha value is -2.02. The average Bonchev–Trinajstić information content (AvgIpc) is 2.74. The molecule has 0 aromatic rings. The summed E-state index contributed by atoms with van der Waals surface area (Å²) in [5.41, 5.74) is 1.08. The summed E-state index contributed by atoms with van der Waals surface area (Å²) in [5.74, 6) is 0. The van der Waals surface area contributed by atoms with Crippen LogP contribution in [-0.2, 0) is 9.47 Å². The van der Waals surface area contributed by atoms with Crippen LogP contribution in [0.5, 0.6) is 0 Å². The molecule has 0 fully saturated rings. The van der Waals surface area contributed by atoms with E-state index in [2.05, 4.69) is 55.4 Å². The van der Waals surface area contributed by atoms with Gasteiger partial charge in [-0.25, -0.2) is 0 Å². The van der Waals surface area contributed by atoms with E-state index in [-0.39, 0.29) is 23.0 Å². The van der Waals surface area contributed by atoms with Crippen LogP contribution in [0.4, 0.5) is 0 Å². The summed E-state index contributed by atoms with van der Waals surface area (Å²) in [7, 11) is 0. The van der Waals surface area contributed by atoms with Gasteiger partial charge in [-0.1, -0.05) is 74.3 Å². The van der Waals surface area contributed by atoms with Crippen LogP contribution in [0, 0.1) is 20.9 Å². The third kappa shape index (κ3) is 7.00. The lowest BCUT2D eigenvalue weighted by atomic mass is 9.85. The first-order chi connectivity index (χ1) is 15.9. The van der Waals surface area contributed by atoms with Crippen molar-refractivity contribution in [2.75, 3.05) is 13.2 Å². The number of ether oxygens (including phenoxy) is 2. The number of nitrogens with zero attached hydrogens (tertiary/aromatic N) is 2. The van der Waals surface area contributed by atoms with Gasteiger partial charge in [-0.2, -0.15) is 0 Å². The maximum Gasteiger partial charge on any atom is 0.285 e. The average molecular weight is 473 g/mol. The van der Waals surface area contributed by atoms with Gasteiger partial charge in [0.15, 0.2) is 6.10 Å². The summed E-state index contributed by atoms with van der Waals surface area (Å²) in [4.78, 5) is 13.6. The predicted molar refractivity (Wildman–Crippen MR) is 139 cm³/mol. The Balaban J connectivity index is 2.38. The van der Waals surface area contributed by atoms with Crippen molar-refractivity contribution in [3.63, 3.8) is 0 Å². The number of rotatable bonds is 10. The molecule has 2 heterocycles. The quantitative estimate of drug-likeness (QED) is 0.249. The molecule has 0 saturated carbocycles. The second-order valence-corrected chi connectivity index (χ2v) is 11.2. The summed E-state index contributed by atoms with van der Waals surface area (Å²) in [6.45, 7) is 17.8. The third-order valence-corrected chi connectivity index (χ3v) is 5.89.